The summed E-state index contributed by atoms with van der Waals surface area (Å²) < 4.78 is 11.7. The highest BCUT2D eigenvalue weighted by molar-refractivity contribution is 6.02. The molecule has 1 aliphatic rings. The highest BCUT2D eigenvalue weighted by atomic mass is 16.6. The van der Waals surface area contributed by atoms with Gasteiger partial charge in [-0.1, -0.05) is 19.9 Å². The average molecular weight is 616 g/mol. The average Bonchev–Trinajstić information content (AvgIpc) is 3.64. The molecule has 3 aromatic heterocycles. The Kier molecular flexibility index (Phi) is 7.90. The van der Waals surface area contributed by atoms with Crippen molar-refractivity contribution >= 4 is 40.5 Å². The Balaban J connectivity index is 1.07. The molecule has 6 rings (SSSR count). The zero-order valence-corrected chi connectivity index (χ0v) is 25.3. The van der Waals surface area contributed by atoms with Crippen LogP contribution < -0.4 is 15.5 Å². The first-order chi connectivity index (χ1) is 22.1. The number of carbonyl (C=O) groups is 3. The molecule has 0 bridgehead atoms. The van der Waals surface area contributed by atoms with E-state index in [4.69, 9.17) is 9.15 Å². The van der Waals surface area contributed by atoms with Gasteiger partial charge in [-0.3, -0.25) is 19.5 Å². The third-order valence-electron chi connectivity index (χ3n) is 7.51. The Bertz CT molecular complexity index is 1980. The number of hydrogen-bond donors (Lipinski definition) is 2. The van der Waals surface area contributed by atoms with Crippen LogP contribution in [0.3, 0.4) is 0 Å². The van der Waals surface area contributed by atoms with Crippen LogP contribution in [0.2, 0.25) is 0 Å². The van der Waals surface area contributed by atoms with E-state index in [-0.39, 0.29) is 36.5 Å². The Hall–Kier alpha value is -6.09. The number of rotatable bonds is 8. The third-order valence-corrected chi connectivity index (χ3v) is 7.51. The molecule has 12 heteroatoms. The molecule has 12 nitrogen and oxygen atoms in total. The van der Waals surface area contributed by atoms with E-state index in [0.717, 1.165) is 5.56 Å². The monoisotopic (exact) mass is 615 g/mol. The predicted molar refractivity (Wildman–Crippen MR) is 169 cm³/mol. The minimum Gasteiger partial charge on any atom is -0.439 e. The van der Waals surface area contributed by atoms with Crippen molar-refractivity contribution in [3.8, 4) is 17.5 Å². The summed E-state index contributed by atoms with van der Waals surface area (Å²) in [5, 5.41) is 15.0. The van der Waals surface area contributed by atoms with Gasteiger partial charge >= 0.3 is 6.09 Å². The first-order valence-electron chi connectivity index (χ1n) is 14.5. The summed E-state index contributed by atoms with van der Waals surface area (Å²) in [6, 6.07) is 20.8. The van der Waals surface area contributed by atoms with E-state index in [1.165, 1.54) is 17.3 Å². The van der Waals surface area contributed by atoms with E-state index in [0.29, 0.717) is 45.2 Å². The number of fused-ring (bicyclic) bond motifs is 1. The predicted octanol–water partition coefficient (Wildman–Crippen LogP) is 5.68. The van der Waals surface area contributed by atoms with Crippen molar-refractivity contribution in [1.29, 1.82) is 5.26 Å². The lowest BCUT2D eigenvalue weighted by Crippen LogP contribution is -2.43. The van der Waals surface area contributed by atoms with Crippen LogP contribution in [0.1, 0.15) is 58.7 Å². The number of nitrogens with one attached hydrogen (secondary N) is 2. The first-order valence-corrected chi connectivity index (χ1v) is 14.5. The van der Waals surface area contributed by atoms with Gasteiger partial charge in [-0.15, -0.1) is 0 Å². The maximum atomic E-state index is 13.0. The number of hydrogen-bond acceptors (Lipinski definition) is 9. The van der Waals surface area contributed by atoms with Gasteiger partial charge in [0.1, 0.15) is 22.6 Å². The van der Waals surface area contributed by atoms with Crippen molar-refractivity contribution in [2.24, 2.45) is 0 Å². The molecule has 5 aromatic rings. The number of cyclic esters (lactones) is 1. The molecular weight excluding hydrogens is 586 g/mol. The van der Waals surface area contributed by atoms with Crippen LogP contribution in [0.5, 0.6) is 0 Å². The number of anilines is 2. The number of amides is 3. The number of nitrogens with zero attached hydrogens (tertiary/aromatic N) is 5. The zero-order valence-electron chi connectivity index (χ0n) is 25.3. The van der Waals surface area contributed by atoms with Gasteiger partial charge in [0.15, 0.2) is 5.58 Å². The van der Waals surface area contributed by atoms with Crippen LogP contribution in [0.25, 0.3) is 22.6 Å². The summed E-state index contributed by atoms with van der Waals surface area (Å²) in [6.07, 6.45) is 2.37. The van der Waals surface area contributed by atoms with Crippen LogP contribution in [0.4, 0.5) is 16.3 Å². The normalized spacial score (nSPS) is 15.9. The number of oxazole rings is 1. The lowest BCUT2D eigenvalue weighted by Gasteiger charge is -2.22. The van der Waals surface area contributed by atoms with Gasteiger partial charge in [0.05, 0.1) is 36.6 Å². The number of aromatic nitrogens is 3. The smallest absolute Gasteiger partial charge is 0.416 e. The second-order valence-corrected chi connectivity index (χ2v) is 11.4. The summed E-state index contributed by atoms with van der Waals surface area (Å²) in [5.41, 5.74) is 3.46. The molecule has 1 aliphatic heterocycles. The van der Waals surface area contributed by atoms with Gasteiger partial charge in [0.25, 0.3) is 11.8 Å². The Morgan fingerprint density at radius 2 is 1.87 bits per heavy atom. The standard InChI is InChI=1S/C34H29N7O5/c1-20(2)25-14-21(16-35)15-27-29(25)45-32(40-27)23-9-7-22(8-10-23)30(42)38-18-34(3)19-41(33(44)46-34)28-12-11-24(17-37-28)39-31(43)26-6-4-5-13-36-26/h4-15,17,20H,18-19H2,1-3H3,(H,38,42)(H,39,43). The number of carbonyl (C=O) groups excluding carboxylic acids is 3. The molecule has 46 heavy (non-hydrogen) atoms. The lowest BCUT2D eigenvalue weighted by atomic mass is 10.00. The second kappa shape index (κ2) is 12.1. The zero-order chi connectivity index (χ0) is 32.4. The number of benzene rings is 2. The van der Waals surface area contributed by atoms with Crippen molar-refractivity contribution in [2.45, 2.75) is 32.3 Å². The summed E-state index contributed by atoms with van der Waals surface area (Å²) in [4.78, 5) is 52.4. The fourth-order valence-corrected chi connectivity index (χ4v) is 5.08. The van der Waals surface area contributed by atoms with Gasteiger partial charge in [-0.05, 0) is 73.5 Å². The van der Waals surface area contributed by atoms with Crippen LogP contribution >= 0.6 is 0 Å². The molecule has 230 valence electrons. The summed E-state index contributed by atoms with van der Waals surface area (Å²) in [6.45, 7) is 6.00. The van der Waals surface area contributed by atoms with E-state index in [1.54, 1.807) is 67.6 Å². The highest BCUT2D eigenvalue weighted by Crippen LogP contribution is 2.32. The van der Waals surface area contributed by atoms with Gasteiger partial charge in [0, 0.05) is 22.9 Å². The maximum absolute atomic E-state index is 13.0. The molecule has 1 fully saturated rings. The SMILES string of the molecule is CC(C)c1cc(C#N)cc2nc(-c3ccc(C(=O)NCC4(C)CN(c5ccc(NC(=O)c6ccccn6)cn5)C(=O)O4)cc3)oc12. The molecule has 4 heterocycles. The minimum absolute atomic E-state index is 0.0678. The molecule has 0 radical (unpaired) electrons. The molecule has 1 unspecified atom stereocenters. The van der Waals surface area contributed by atoms with Gasteiger partial charge in [0.2, 0.25) is 5.89 Å². The van der Waals surface area contributed by atoms with Crippen molar-refractivity contribution in [2.75, 3.05) is 23.3 Å². The molecule has 1 saturated heterocycles. The van der Waals surface area contributed by atoms with Crippen LogP contribution in [-0.4, -0.2) is 51.6 Å². The topological polar surface area (TPSA) is 163 Å². The first kappa shape index (κ1) is 30.0. The minimum atomic E-state index is -1.01. The molecule has 0 saturated carbocycles. The number of nitriles is 1. The fourth-order valence-electron chi connectivity index (χ4n) is 5.08. The Morgan fingerprint density at radius 1 is 1.07 bits per heavy atom. The maximum Gasteiger partial charge on any atom is 0.416 e. The van der Waals surface area contributed by atoms with Crippen molar-refractivity contribution in [1.82, 2.24) is 20.3 Å². The molecule has 2 N–H and O–H groups in total. The highest BCUT2D eigenvalue weighted by Gasteiger charge is 2.43. The molecule has 1 atom stereocenters. The van der Waals surface area contributed by atoms with Crippen molar-refractivity contribution in [3.05, 3.63) is 102 Å². The molecule has 3 amide bonds. The number of pyridine rings is 2. The third kappa shape index (κ3) is 6.11. The lowest BCUT2D eigenvalue weighted by molar-refractivity contribution is 0.0653. The van der Waals surface area contributed by atoms with Gasteiger partial charge < -0.3 is 19.8 Å². The van der Waals surface area contributed by atoms with E-state index in [1.807, 2.05) is 19.9 Å². The summed E-state index contributed by atoms with van der Waals surface area (Å²) in [7, 11) is 0. The van der Waals surface area contributed by atoms with E-state index in [2.05, 4.69) is 31.7 Å². The molecular formula is C34H29N7O5. The number of ether oxygens (including phenoxy) is 1. The largest absolute Gasteiger partial charge is 0.439 e. The van der Waals surface area contributed by atoms with E-state index >= 15 is 0 Å². The Morgan fingerprint density at radius 3 is 2.54 bits per heavy atom. The van der Waals surface area contributed by atoms with Crippen LogP contribution in [-0.2, 0) is 4.74 Å². The summed E-state index contributed by atoms with van der Waals surface area (Å²) >= 11 is 0. The molecule has 0 aliphatic carbocycles. The summed E-state index contributed by atoms with van der Waals surface area (Å²) in [5.74, 6) is 0.156. The van der Waals surface area contributed by atoms with E-state index in [9.17, 15) is 19.6 Å². The quantitative estimate of drug-likeness (QED) is 0.224. The second-order valence-electron chi connectivity index (χ2n) is 11.4. The van der Waals surface area contributed by atoms with Gasteiger partial charge in [-0.2, -0.15) is 5.26 Å². The molecule has 2 aromatic carbocycles. The van der Waals surface area contributed by atoms with Crippen molar-refractivity contribution < 1.29 is 23.5 Å². The fraction of sp³-hybridized carbons (Fsp3) is 0.206. The van der Waals surface area contributed by atoms with Crippen LogP contribution in [0.15, 0.2) is 83.5 Å². The van der Waals surface area contributed by atoms with Crippen LogP contribution in [0, 0.1) is 11.3 Å². The van der Waals surface area contributed by atoms with Gasteiger partial charge in [-0.25, -0.2) is 14.8 Å². The Labute approximate surface area is 264 Å². The van der Waals surface area contributed by atoms with Crippen molar-refractivity contribution in [3.63, 3.8) is 0 Å². The molecule has 0 spiro atoms. The van der Waals surface area contributed by atoms with E-state index < -0.39 is 11.7 Å².